The number of aryl methyl sites for hydroxylation is 1. The van der Waals surface area contributed by atoms with E-state index in [4.69, 9.17) is 9.47 Å². The molecule has 0 aliphatic carbocycles. The average molecular weight is 338 g/mol. The molecule has 2 amide bonds. The molecule has 0 radical (unpaired) electrons. The van der Waals surface area contributed by atoms with E-state index < -0.39 is 11.8 Å². The molecule has 0 bridgehead atoms. The lowest BCUT2D eigenvalue weighted by molar-refractivity contribution is 0.0844. The summed E-state index contributed by atoms with van der Waals surface area (Å²) in [5, 5.41) is 0. The van der Waals surface area contributed by atoms with Gasteiger partial charge in [0.15, 0.2) is 11.5 Å². The molecule has 2 aromatic heterocycles. The summed E-state index contributed by atoms with van der Waals surface area (Å²) in [6.45, 7) is 2.04. The summed E-state index contributed by atoms with van der Waals surface area (Å²) < 4.78 is 12.2. The summed E-state index contributed by atoms with van der Waals surface area (Å²) >= 11 is 0. The molecule has 0 unspecified atom stereocenters. The van der Waals surface area contributed by atoms with Crippen LogP contribution in [0, 0.1) is 6.92 Å². The Morgan fingerprint density at radius 3 is 2.72 bits per heavy atom. The monoisotopic (exact) mass is 338 g/mol. The number of fused-ring (bicyclic) bond motifs is 2. The Morgan fingerprint density at radius 2 is 1.88 bits per heavy atom. The second-order valence-corrected chi connectivity index (χ2v) is 5.50. The minimum Gasteiger partial charge on any atom is -0.454 e. The first-order chi connectivity index (χ1) is 12.1. The third kappa shape index (κ3) is 2.74. The van der Waals surface area contributed by atoms with Crippen molar-refractivity contribution in [3.63, 3.8) is 0 Å². The molecule has 8 heteroatoms. The van der Waals surface area contributed by atoms with E-state index in [1.165, 1.54) is 0 Å². The van der Waals surface area contributed by atoms with E-state index >= 15 is 0 Å². The number of hydrogen-bond acceptors (Lipinski definition) is 5. The van der Waals surface area contributed by atoms with Gasteiger partial charge < -0.3 is 13.9 Å². The van der Waals surface area contributed by atoms with Crippen molar-refractivity contribution in [1.29, 1.82) is 0 Å². The Labute approximate surface area is 142 Å². The van der Waals surface area contributed by atoms with Gasteiger partial charge in [0.25, 0.3) is 11.8 Å². The molecule has 0 fully saturated rings. The lowest BCUT2D eigenvalue weighted by atomic mass is 10.2. The molecule has 1 aromatic carbocycles. The molecule has 0 spiro atoms. The highest BCUT2D eigenvalue weighted by Gasteiger charge is 2.17. The fraction of sp³-hybridized carbons (Fsp3) is 0.118. The van der Waals surface area contributed by atoms with Crippen LogP contribution in [0.15, 0.2) is 42.6 Å². The van der Waals surface area contributed by atoms with E-state index in [0.717, 1.165) is 5.69 Å². The summed E-state index contributed by atoms with van der Waals surface area (Å²) in [6, 6.07) is 10.4. The maximum absolute atomic E-state index is 12.2. The number of ether oxygens (including phenoxy) is 2. The van der Waals surface area contributed by atoms with Gasteiger partial charge in [0.05, 0.1) is 0 Å². The highest BCUT2D eigenvalue weighted by molar-refractivity contribution is 5.98. The van der Waals surface area contributed by atoms with Gasteiger partial charge >= 0.3 is 0 Å². The van der Waals surface area contributed by atoms with Crippen molar-refractivity contribution in [2.45, 2.75) is 6.92 Å². The molecular formula is C17H14N4O4. The fourth-order valence-electron chi connectivity index (χ4n) is 2.55. The van der Waals surface area contributed by atoms with Crippen LogP contribution in [0.25, 0.3) is 5.65 Å². The molecule has 2 N–H and O–H groups in total. The topological polar surface area (TPSA) is 94.0 Å². The Morgan fingerprint density at radius 1 is 1.08 bits per heavy atom. The van der Waals surface area contributed by atoms with Crippen LogP contribution in [0.1, 0.15) is 26.5 Å². The highest BCUT2D eigenvalue weighted by atomic mass is 16.7. The van der Waals surface area contributed by atoms with Gasteiger partial charge in [-0.25, -0.2) is 4.98 Å². The molecule has 0 saturated heterocycles. The number of pyridine rings is 1. The first-order valence-electron chi connectivity index (χ1n) is 7.57. The summed E-state index contributed by atoms with van der Waals surface area (Å²) in [5.41, 5.74) is 6.89. The molecule has 8 nitrogen and oxygen atoms in total. The normalized spacial score (nSPS) is 12.2. The van der Waals surface area contributed by atoms with Gasteiger partial charge in [0.2, 0.25) is 6.79 Å². The Hall–Kier alpha value is -3.55. The molecule has 0 atom stereocenters. The maximum Gasteiger partial charge on any atom is 0.289 e. The van der Waals surface area contributed by atoms with Crippen molar-refractivity contribution < 1.29 is 19.1 Å². The van der Waals surface area contributed by atoms with Crippen LogP contribution in [0.4, 0.5) is 0 Å². The van der Waals surface area contributed by atoms with Gasteiger partial charge in [-0.05, 0) is 37.3 Å². The van der Waals surface area contributed by atoms with Crippen molar-refractivity contribution in [2.75, 3.05) is 6.79 Å². The Balaban J connectivity index is 1.45. The van der Waals surface area contributed by atoms with Gasteiger partial charge in [-0.2, -0.15) is 0 Å². The molecule has 126 valence electrons. The van der Waals surface area contributed by atoms with Crippen LogP contribution in [-0.2, 0) is 0 Å². The number of rotatable bonds is 2. The lowest BCUT2D eigenvalue weighted by Gasteiger charge is -2.06. The second kappa shape index (κ2) is 5.82. The van der Waals surface area contributed by atoms with E-state index in [9.17, 15) is 9.59 Å². The Bertz CT molecular complexity index is 995. The highest BCUT2D eigenvalue weighted by Crippen LogP contribution is 2.32. The lowest BCUT2D eigenvalue weighted by Crippen LogP contribution is -2.41. The fourth-order valence-corrected chi connectivity index (χ4v) is 2.55. The molecule has 25 heavy (non-hydrogen) atoms. The predicted molar refractivity (Wildman–Crippen MR) is 87.4 cm³/mol. The summed E-state index contributed by atoms with van der Waals surface area (Å²) in [6.07, 6.45) is 1.62. The molecule has 3 aromatic rings. The minimum absolute atomic E-state index is 0.129. The third-order valence-corrected chi connectivity index (χ3v) is 3.85. The van der Waals surface area contributed by atoms with E-state index in [0.29, 0.717) is 22.7 Å². The number of hydrazine groups is 1. The van der Waals surface area contributed by atoms with Crippen molar-refractivity contribution >= 4 is 17.5 Å². The number of benzene rings is 1. The van der Waals surface area contributed by atoms with Crippen LogP contribution in [-0.4, -0.2) is 28.0 Å². The zero-order valence-electron chi connectivity index (χ0n) is 13.3. The van der Waals surface area contributed by atoms with Gasteiger partial charge in [-0.15, -0.1) is 0 Å². The standard InChI is InChI=1S/C17H14N4O4/c1-10-3-2-4-15-18-12(8-21(10)15)17(23)20-19-16(22)11-5-6-13-14(7-11)25-9-24-13/h2-8H,9H2,1H3,(H,19,22)(H,20,23). The first kappa shape index (κ1) is 15.0. The second-order valence-electron chi connectivity index (χ2n) is 5.50. The number of amides is 2. The molecular weight excluding hydrogens is 324 g/mol. The number of nitrogens with zero attached hydrogens (tertiary/aromatic N) is 2. The molecule has 1 aliphatic rings. The van der Waals surface area contributed by atoms with E-state index in [-0.39, 0.29) is 12.5 Å². The molecule has 3 heterocycles. The summed E-state index contributed by atoms with van der Waals surface area (Å²) in [7, 11) is 0. The zero-order chi connectivity index (χ0) is 17.4. The maximum atomic E-state index is 12.2. The van der Waals surface area contributed by atoms with E-state index in [1.807, 2.05) is 19.1 Å². The zero-order valence-corrected chi connectivity index (χ0v) is 13.3. The van der Waals surface area contributed by atoms with Crippen LogP contribution >= 0.6 is 0 Å². The van der Waals surface area contributed by atoms with Crippen molar-refractivity contribution in [3.8, 4) is 11.5 Å². The number of hydrogen-bond donors (Lipinski definition) is 2. The first-order valence-corrected chi connectivity index (χ1v) is 7.57. The van der Waals surface area contributed by atoms with Crippen molar-refractivity contribution in [3.05, 3.63) is 59.5 Å². The largest absolute Gasteiger partial charge is 0.454 e. The van der Waals surface area contributed by atoms with Gasteiger partial charge in [0, 0.05) is 17.5 Å². The SMILES string of the molecule is Cc1cccc2nc(C(=O)NNC(=O)c3ccc4c(c3)OCO4)cn12. The van der Waals surface area contributed by atoms with E-state index in [1.54, 1.807) is 34.9 Å². The van der Waals surface area contributed by atoms with Gasteiger partial charge in [0.1, 0.15) is 11.3 Å². The van der Waals surface area contributed by atoms with Crippen molar-refractivity contribution in [2.24, 2.45) is 0 Å². The smallest absolute Gasteiger partial charge is 0.289 e. The van der Waals surface area contributed by atoms with Gasteiger partial charge in [-0.1, -0.05) is 6.07 Å². The number of aromatic nitrogens is 2. The molecule has 1 aliphatic heterocycles. The van der Waals surface area contributed by atoms with Crippen molar-refractivity contribution in [1.82, 2.24) is 20.2 Å². The van der Waals surface area contributed by atoms with Gasteiger partial charge in [-0.3, -0.25) is 20.4 Å². The minimum atomic E-state index is -0.503. The van der Waals surface area contributed by atoms with Crippen LogP contribution in [0.2, 0.25) is 0 Å². The molecule has 4 rings (SSSR count). The number of carbonyl (C=O) groups excluding carboxylic acids is 2. The number of imidazole rings is 1. The van der Waals surface area contributed by atoms with Crippen LogP contribution < -0.4 is 20.3 Å². The number of carbonyl (C=O) groups is 2. The Kier molecular flexibility index (Phi) is 3.50. The van der Waals surface area contributed by atoms with E-state index in [2.05, 4.69) is 15.8 Å². The van der Waals surface area contributed by atoms with Crippen LogP contribution in [0.5, 0.6) is 11.5 Å². The molecule has 0 saturated carbocycles. The quantitative estimate of drug-likeness (QED) is 0.690. The summed E-state index contributed by atoms with van der Waals surface area (Å²) in [4.78, 5) is 28.6. The third-order valence-electron chi connectivity index (χ3n) is 3.85. The summed E-state index contributed by atoms with van der Waals surface area (Å²) in [5.74, 6) is 0.110. The van der Waals surface area contributed by atoms with Crippen LogP contribution in [0.3, 0.4) is 0 Å². The average Bonchev–Trinajstić information content (AvgIpc) is 3.25. The predicted octanol–water partition coefficient (Wildman–Crippen LogP) is 1.45. The number of nitrogens with one attached hydrogen (secondary N) is 2.